The van der Waals surface area contributed by atoms with Gasteiger partial charge >= 0.3 is 0 Å². The van der Waals surface area contributed by atoms with Crippen molar-refractivity contribution in [1.82, 2.24) is 9.97 Å². The average molecular weight is 264 g/mol. The van der Waals surface area contributed by atoms with Crippen molar-refractivity contribution < 1.29 is 4.39 Å². The molecule has 0 saturated carbocycles. The zero-order chi connectivity index (χ0) is 10.8. The molecule has 78 valence electrons. The van der Waals surface area contributed by atoms with Gasteiger partial charge < -0.3 is 5.32 Å². The molecule has 2 rings (SSSR count). The van der Waals surface area contributed by atoms with Gasteiger partial charge in [0.05, 0.1) is 11.9 Å². The molecule has 0 aliphatic heterocycles. The van der Waals surface area contributed by atoms with Crippen molar-refractivity contribution in [3.8, 4) is 0 Å². The van der Waals surface area contributed by atoms with Crippen LogP contribution in [0, 0.1) is 5.82 Å². The third-order valence-electron chi connectivity index (χ3n) is 1.59. The fourth-order valence-corrected chi connectivity index (χ4v) is 1.91. The Kier molecular flexibility index (Phi) is 3.04. The summed E-state index contributed by atoms with van der Waals surface area (Å²) in [6.07, 6.45) is 0.998. The number of nitrogens with one attached hydrogen (secondary N) is 1. The van der Waals surface area contributed by atoms with Gasteiger partial charge in [0.1, 0.15) is 4.34 Å². The van der Waals surface area contributed by atoms with Crippen LogP contribution in [0.4, 0.5) is 15.9 Å². The van der Waals surface area contributed by atoms with Gasteiger partial charge in [-0.05, 0) is 23.0 Å². The normalized spacial score (nSPS) is 10.3. The maximum Gasteiger partial charge on any atom is 0.224 e. The zero-order valence-corrected chi connectivity index (χ0v) is 9.50. The molecule has 0 amide bonds. The number of hydrogen-bond acceptors (Lipinski definition) is 4. The number of hydrogen-bond donors (Lipinski definition) is 1. The molecule has 0 aromatic carbocycles. The molecule has 0 bridgehead atoms. The predicted molar refractivity (Wildman–Crippen MR) is 59.6 cm³/mol. The largest absolute Gasteiger partial charge is 0.336 e. The summed E-state index contributed by atoms with van der Waals surface area (Å²) in [5.74, 6) is -0.572. The molecule has 3 nitrogen and oxygen atoms in total. The highest BCUT2D eigenvalue weighted by atomic mass is 35.5. The smallest absolute Gasteiger partial charge is 0.224 e. The van der Waals surface area contributed by atoms with Crippen LogP contribution in [-0.4, -0.2) is 9.97 Å². The van der Waals surface area contributed by atoms with Crippen molar-refractivity contribution in [3.05, 3.63) is 33.1 Å². The van der Waals surface area contributed by atoms with Gasteiger partial charge in [-0.15, -0.1) is 11.3 Å². The quantitative estimate of drug-likeness (QED) is 0.840. The van der Waals surface area contributed by atoms with Crippen LogP contribution in [0.3, 0.4) is 0 Å². The molecule has 7 heteroatoms. The molecule has 0 unspecified atom stereocenters. The number of nitrogens with zero attached hydrogens (tertiary/aromatic N) is 2. The van der Waals surface area contributed by atoms with E-state index < -0.39 is 5.82 Å². The molecule has 15 heavy (non-hydrogen) atoms. The van der Waals surface area contributed by atoms with Gasteiger partial charge in [0.15, 0.2) is 11.6 Å². The second-order valence-corrected chi connectivity index (χ2v) is 4.42. The van der Waals surface area contributed by atoms with E-state index in [1.807, 2.05) is 0 Å². The number of rotatable bonds is 2. The average Bonchev–Trinajstić information content (AvgIpc) is 2.58. The molecule has 2 aromatic heterocycles. The fourth-order valence-electron chi connectivity index (χ4n) is 0.942. The number of anilines is 2. The highest BCUT2D eigenvalue weighted by Gasteiger charge is 2.08. The first kappa shape index (κ1) is 10.6. The van der Waals surface area contributed by atoms with Crippen molar-refractivity contribution in [2.75, 3.05) is 5.32 Å². The van der Waals surface area contributed by atoms with Crippen molar-refractivity contribution in [2.24, 2.45) is 0 Å². The van der Waals surface area contributed by atoms with Crippen LogP contribution >= 0.6 is 34.5 Å². The fraction of sp³-hybridized carbons (Fsp3) is 0. The van der Waals surface area contributed by atoms with Crippen LogP contribution in [0.1, 0.15) is 0 Å². The first-order valence-corrected chi connectivity index (χ1v) is 5.48. The van der Waals surface area contributed by atoms with E-state index in [1.165, 1.54) is 11.3 Å². The molecule has 0 radical (unpaired) electrons. The van der Waals surface area contributed by atoms with Gasteiger partial charge in [-0.2, -0.15) is 4.98 Å². The third kappa shape index (κ3) is 2.37. The molecule has 2 aromatic rings. The number of thiophene rings is 1. The lowest BCUT2D eigenvalue weighted by Gasteiger charge is -2.04. The minimum absolute atomic E-state index is 0.00954. The Morgan fingerprint density at radius 2 is 2.20 bits per heavy atom. The maximum atomic E-state index is 13.2. The summed E-state index contributed by atoms with van der Waals surface area (Å²) in [5, 5.41) is 4.49. The minimum Gasteiger partial charge on any atom is -0.336 e. The Morgan fingerprint density at radius 3 is 2.87 bits per heavy atom. The molecule has 0 aliphatic rings. The van der Waals surface area contributed by atoms with Crippen LogP contribution in [0.15, 0.2) is 17.6 Å². The van der Waals surface area contributed by atoms with E-state index in [9.17, 15) is 4.39 Å². The summed E-state index contributed by atoms with van der Waals surface area (Å²) >= 11 is 12.7. The van der Waals surface area contributed by atoms with Gasteiger partial charge in [0.2, 0.25) is 5.28 Å². The SMILES string of the molecule is Fc1cnc(Cl)nc1Nc1ccsc1Cl. The van der Waals surface area contributed by atoms with Crippen molar-refractivity contribution in [3.63, 3.8) is 0 Å². The van der Waals surface area contributed by atoms with E-state index in [2.05, 4.69) is 15.3 Å². The molecule has 2 heterocycles. The number of halogens is 3. The Labute approximate surface area is 98.9 Å². The second kappa shape index (κ2) is 4.30. The van der Waals surface area contributed by atoms with Crippen molar-refractivity contribution in [2.45, 2.75) is 0 Å². The van der Waals surface area contributed by atoms with E-state index in [4.69, 9.17) is 23.2 Å². The highest BCUT2D eigenvalue weighted by molar-refractivity contribution is 7.15. The van der Waals surface area contributed by atoms with Gasteiger partial charge in [-0.25, -0.2) is 9.37 Å². The topological polar surface area (TPSA) is 37.8 Å². The van der Waals surface area contributed by atoms with E-state index in [-0.39, 0.29) is 11.1 Å². The number of aromatic nitrogens is 2. The van der Waals surface area contributed by atoms with Crippen LogP contribution in [0.5, 0.6) is 0 Å². The summed E-state index contributed by atoms with van der Waals surface area (Å²) in [4.78, 5) is 7.20. The molecule has 0 aliphatic carbocycles. The van der Waals surface area contributed by atoms with Gasteiger partial charge in [-0.1, -0.05) is 11.6 Å². The summed E-state index contributed by atoms with van der Waals surface area (Å²) in [6.45, 7) is 0. The van der Waals surface area contributed by atoms with Crippen molar-refractivity contribution in [1.29, 1.82) is 0 Å². The third-order valence-corrected chi connectivity index (χ3v) is 2.94. The Morgan fingerprint density at radius 1 is 1.40 bits per heavy atom. The van der Waals surface area contributed by atoms with E-state index in [0.717, 1.165) is 6.20 Å². The molecule has 0 atom stereocenters. The first-order valence-electron chi connectivity index (χ1n) is 3.85. The second-order valence-electron chi connectivity index (χ2n) is 2.57. The lowest BCUT2D eigenvalue weighted by Crippen LogP contribution is -1.98. The van der Waals surface area contributed by atoms with Gasteiger partial charge in [-0.3, -0.25) is 0 Å². The molecular formula is C8H4Cl2FN3S. The lowest BCUT2D eigenvalue weighted by atomic mass is 10.5. The van der Waals surface area contributed by atoms with Crippen LogP contribution in [-0.2, 0) is 0 Å². The Balaban J connectivity index is 2.32. The molecule has 0 spiro atoms. The Bertz CT molecular complexity index is 488. The molecule has 0 saturated heterocycles. The summed E-state index contributed by atoms with van der Waals surface area (Å²) in [7, 11) is 0. The van der Waals surface area contributed by atoms with E-state index in [1.54, 1.807) is 11.4 Å². The van der Waals surface area contributed by atoms with Crippen molar-refractivity contribution >= 4 is 46.0 Å². The summed E-state index contributed by atoms with van der Waals surface area (Å²) < 4.78 is 13.7. The minimum atomic E-state index is -0.582. The van der Waals surface area contributed by atoms with Crippen LogP contribution < -0.4 is 5.32 Å². The monoisotopic (exact) mass is 263 g/mol. The Hall–Kier alpha value is -0.910. The molecular weight excluding hydrogens is 260 g/mol. The van der Waals surface area contributed by atoms with Crippen LogP contribution in [0.25, 0.3) is 0 Å². The zero-order valence-electron chi connectivity index (χ0n) is 7.17. The summed E-state index contributed by atoms with van der Waals surface area (Å²) in [6, 6.07) is 1.72. The van der Waals surface area contributed by atoms with Crippen LogP contribution in [0.2, 0.25) is 9.62 Å². The summed E-state index contributed by atoms with van der Waals surface area (Å²) in [5.41, 5.74) is 0.593. The van der Waals surface area contributed by atoms with Gasteiger partial charge in [0, 0.05) is 0 Å². The standard InChI is InChI=1S/C8H4Cl2FN3S/c9-6-5(1-2-15-6)13-7-4(11)3-12-8(10)14-7/h1-3H,(H,12,13,14). The van der Waals surface area contributed by atoms with E-state index >= 15 is 0 Å². The lowest BCUT2D eigenvalue weighted by molar-refractivity contribution is 0.619. The highest BCUT2D eigenvalue weighted by Crippen LogP contribution is 2.30. The first-order chi connectivity index (χ1) is 7.16. The predicted octanol–water partition coefficient (Wildman–Crippen LogP) is 3.73. The molecule has 0 fully saturated rings. The van der Waals surface area contributed by atoms with E-state index in [0.29, 0.717) is 10.0 Å². The molecule has 1 N–H and O–H groups in total. The van der Waals surface area contributed by atoms with Gasteiger partial charge in [0.25, 0.3) is 0 Å². The maximum absolute atomic E-state index is 13.2.